The summed E-state index contributed by atoms with van der Waals surface area (Å²) in [6, 6.07) is 8.24. The van der Waals surface area contributed by atoms with Crippen LogP contribution in [0.4, 0.5) is 5.88 Å². The highest BCUT2D eigenvalue weighted by Gasteiger charge is 2.25. The number of nitrogens with zero attached hydrogens (tertiary/aromatic N) is 1. The Morgan fingerprint density at radius 3 is 3.00 bits per heavy atom. The number of hydrogen-bond donors (Lipinski definition) is 1. The van der Waals surface area contributed by atoms with Gasteiger partial charge in [0.2, 0.25) is 5.88 Å². The Bertz CT molecular complexity index is 571. The molecule has 2 aromatic rings. The number of ether oxygens (including phenoxy) is 1. The Kier molecular flexibility index (Phi) is 3.25. The largest absolute Gasteiger partial charge is 0.381 e. The molecule has 1 atom stereocenters. The number of benzene rings is 1. The Hall–Kier alpha value is -1.81. The first-order chi connectivity index (χ1) is 9.25. The van der Waals surface area contributed by atoms with Crippen molar-refractivity contribution < 1.29 is 9.26 Å². The molecule has 1 saturated heterocycles. The Morgan fingerprint density at radius 1 is 1.37 bits per heavy atom. The lowest BCUT2D eigenvalue weighted by Crippen LogP contribution is -2.16. The second kappa shape index (κ2) is 5.05. The van der Waals surface area contributed by atoms with Crippen LogP contribution in [0.15, 0.2) is 28.8 Å². The van der Waals surface area contributed by atoms with E-state index in [4.69, 9.17) is 15.0 Å². The molecule has 4 heteroatoms. The van der Waals surface area contributed by atoms with E-state index in [9.17, 15) is 0 Å². The van der Waals surface area contributed by atoms with E-state index in [0.717, 1.165) is 36.3 Å². The van der Waals surface area contributed by atoms with Gasteiger partial charge in [0.05, 0.1) is 17.9 Å². The van der Waals surface area contributed by atoms with Crippen LogP contribution in [0.5, 0.6) is 0 Å². The zero-order valence-corrected chi connectivity index (χ0v) is 11.1. The summed E-state index contributed by atoms with van der Waals surface area (Å²) in [5.41, 5.74) is 10.1. The number of rotatable bonds is 2. The van der Waals surface area contributed by atoms with Crippen molar-refractivity contribution in [3.8, 4) is 11.1 Å². The average molecular weight is 258 g/mol. The molecular formula is C15H18N2O2. The van der Waals surface area contributed by atoms with Crippen molar-refractivity contribution in [1.29, 1.82) is 0 Å². The van der Waals surface area contributed by atoms with Gasteiger partial charge in [-0.3, -0.25) is 0 Å². The van der Waals surface area contributed by atoms with Crippen LogP contribution in [-0.4, -0.2) is 18.4 Å². The maximum absolute atomic E-state index is 5.96. The summed E-state index contributed by atoms with van der Waals surface area (Å²) < 4.78 is 10.8. The molecule has 1 fully saturated rings. The van der Waals surface area contributed by atoms with Crippen molar-refractivity contribution in [3.63, 3.8) is 0 Å². The lowest BCUT2D eigenvalue weighted by Gasteiger charge is -2.20. The van der Waals surface area contributed by atoms with Gasteiger partial charge in [-0.15, -0.1) is 0 Å². The number of hydrogen-bond acceptors (Lipinski definition) is 4. The van der Waals surface area contributed by atoms with Gasteiger partial charge in [0, 0.05) is 12.5 Å². The molecule has 1 aromatic heterocycles. The fourth-order valence-corrected chi connectivity index (χ4v) is 2.64. The second-order valence-electron chi connectivity index (χ2n) is 5.09. The number of anilines is 1. The van der Waals surface area contributed by atoms with Crippen molar-refractivity contribution in [2.45, 2.75) is 25.7 Å². The predicted octanol–water partition coefficient (Wildman–Crippen LogP) is 3.13. The number of nitrogens with two attached hydrogens (primary N) is 1. The normalized spacial score (nSPS) is 19.5. The van der Waals surface area contributed by atoms with Gasteiger partial charge in [-0.1, -0.05) is 35.0 Å². The predicted molar refractivity (Wildman–Crippen MR) is 73.9 cm³/mol. The van der Waals surface area contributed by atoms with E-state index in [1.54, 1.807) is 0 Å². The summed E-state index contributed by atoms with van der Waals surface area (Å²) in [5, 5.41) is 4.17. The highest BCUT2D eigenvalue weighted by atomic mass is 16.5. The van der Waals surface area contributed by atoms with Crippen molar-refractivity contribution in [2.24, 2.45) is 0 Å². The molecule has 2 N–H and O–H groups in total. The van der Waals surface area contributed by atoms with Crippen LogP contribution >= 0.6 is 0 Å². The maximum atomic E-state index is 5.96. The van der Waals surface area contributed by atoms with E-state index in [2.05, 4.69) is 24.2 Å². The molecule has 4 nitrogen and oxygen atoms in total. The summed E-state index contributed by atoms with van der Waals surface area (Å²) in [7, 11) is 0. The minimum absolute atomic E-state index is 0.283. The topological polar surface area (TPSA) is 61.3 Å². The molecule has 19 heavy (non-hydrogen) atoms. The van der Waals surface area contributed by atoms with E-state index in [-0.39, 0.29) is 5.92 Å². The van der Waals surface area contributed by atoms with Crippen molar-refractivity contribution in [1.82, 2.24) is 5.16 Å². The van der Waals surface area contributed by atoms with E-state index >= 15 is 0 Å². The number of aromatic nitrogens is 1. The van der Waals surface area contributed by atoms with Crippen LogP contribution in [0, 0.1) is 6.92 Å². The molecule has 0 saturated carbocycles. The summed E-state index contributed by atoms with van der Waals surface area (Å²) in [6.45, 7) is 3.60. The molecular weight excluding hydrogens is 240 g/mol. The molecule has 100 valence electrons. The first-order valence-electron chi connectivity index (χ1n) is 6.65. The highest BCUT2D eigenvalue weighted by molar-refractivity contribution is 5.76. The first kappa shape index (κ1) is 12.2. The molecule has 0 spiro atoms. The molecule has 1 unspecified atom stereocenters. The van der Waals surface area contributed by atoms with E-state index in [1.165, 1.54) is 5.56 Å². The monoisotopic (exact) mass is 258 g/mol. The van der Waals surface area contributed by atoms with Gasteiger partial charge >= 0.3 is 0 Å². The summed E-state index contributed by atoms with van der Waals surface area (Å²) >= 11 is 0. The lowest BCUT2D eigenvalue weighted by atomic mass is 9.92. The molecule has 0 amide bonds. The molecule has 3 rings (SSSR count). The van der Waals surface area contributed by atoms with Crippen LogP contribution in [0.1, 0.15) is 30.0 Å². The number of aryl methyl sites for hydroxylation is 1. The van der Waals surface area contributed by atoms with Gasteiger partial charge < -0.3 is 15.0 Å². The van der Waals surface area contributed by atoms with Gasteiger partial charge in [-0.05, 0) is 25.3 Å². The van der Waals surface area contributed by atoms with Gasteiger partial charge in [-0.2, -0.15) is 0 Å². The van der Waals surface area contributed by atoms with Gasteiger partial charge in [-0.25, -0.2) is 0 Å². The van der Waals surface area contributed by atoms with Crippen molar-refractivity contribution in [3.05, 3.63) is 35.5 Å². The van der Waals surface area contributed by atoms with E-state index in [1.807, 2.05) is 12.1 Å². The summed E-state index contributed by atoms with van der Waals surface area (Å²) in [5.74, 6) is 0.677. The van der Waals surface area contributed by atoms with Gasteiger partial charge in [0.25, 0.3) is 0 Å². The highest BCUT2D eigenvalue weighted by Crippen LogP contribution is 2.37. The quantitative estimate of drug-likeness (QED) is 0.899. The third-order valence-corrected chi connectivity index (χ3v) is 3.60. The van der Waals surface area contributed by atoms with E-state index < -0.39 is 0 Å². The molecule has 0 aliphatic carbocycles. The number of nitrogen functional groups attached to an aromatic ring is 1. The Labute approximate surface area is 112 Å². The summed E-state index contributed by atoms with van der Waals surface area (Å²) in [4.78, 5) is 0. The van der Waals surface area contributed by atoms with Crippen LogP contribution in [-0.2, 0) is 4.74 Å². The van der Waals surface area contributed by atoms with Crippen molar-refractivity contribution in [2.75, 3.05) is 18.9 Å². The molecule has 0 bridgehead atoms. The maximum Gasteiger partial charge on any atom is 0.230 e. The van der Waals surface area contributed by atoms with Crippen LogP contribution in [0.3, 0.4) is 0 Å². The lowest BCUT2D eigenvalue weighted by molar-refractivity contribution is 0.0785. The Balaban J connectivity index is 2.03. The first-order valence-corrected chi connectivity index (χ1v) is 6.65. The standard InChI is InChI=1S/C15H18N2O2/c1-10-4-2-5-11(8-10)13-14(17-19-15(13)16)12-6-3-7-18-9-12/h2,4-5,8,12H,3,6-7,9,16H2,1H3. The van der Waals surface area contributed by atoms with Gasteiger partial charge in [0.15, 0.2) is 0 Å². The fraction of sp³-hybridized carbons (Fsp3) is 0.400. The molecule has 2 heterocycles. The second-order valence-corrected chi connectivity index (χ2v) is 5.09. The van der Waals surface area contributed by atoms with Crippen LogP contribution in [0.25, 0.3) is 11.1 Å². The smallest absolute Gasteiger partial charge is 0.230 e. The zero-order chi connectivity index (χ0) is 13.2. The van der Waals surface area contributed by atoms with Crippen LogP contribution in [0.2, 0.25) is 0 Å². The molecule has 1 aliphatic heterocycles. The van der Waals surface area contributed by atoms with Gasteiger partial charge in [0.1, 0.15) is 0 Å². The minimum atomic E-state index is 0.283. The zero-order valence-electron chi connectivity index (χ0n) is 11.1. The van der Waals surface area contributed by atoms with Crippen LogP contribution < -0.4 is 5.73 Å². The Morgan fingerprint density at radius 2 is 2.26 bits per heavy atom. The third kappa shape index (κ3) is 2.36. The minimum Gasteiger partial charge on any atom is -0.381 e. The molecule has 1 aliphatic rings. The average Bonchev–Trinajstić information content (AvgIpc) is 2.82. The molecule has 0 radical (unpaired) electrons. The molecule has 1 aromatic carbocycles. The van der Waals surface area contributed by atoms with E-state index in [0.29, 0.717) is 12.5 Å². The summed E-state index contributed by atoms with van der Waals surface area (Å²) in [6.07, 6.45) is 2.13. The SMILES string of the molecule is Cc1cccc(-c2c(C3CCCOC3)noc2N)c1. The third-order valence-electron chi connectivity index (χ3n) is 3.60. The fourth-order valence-electron chi connectivity index (χ4n) is 2.64. The van der Waals surface area contributed by atoms with Crippen molar-refractivity contribution >= 4 is 5.88 Å².